The number of carbonyl (C=O) groups is 1. The molecule has 2 aromatic heterocycles. The van der Waals surface area contributed by atoms with Crippen LogP contribution in [-0.2, 0) is 0 Å². The van der Waals surface area contributed by atoms with Crippen LogP contribution in [0.2, 0.25) is 0 Å². The van der Waals surface area contributed by atoms with Crippen molar-refractivity contribution in [1.82, 2.24) is 20.0 Å². The Morgan fingerprint density at radius 3 is 2.53 bits per heavy atom. The molecule has 0 radical (unpaired) electrons. The van der Waals surface area contributed by atoms with Crippen molar-refractivity contribution in [2.24, 2.45) is 4.99 Å². The van der Waals surface area contributed by atoms with Crippen LogP contribution in [-0.4, -0.2) is 78.9 Å². The Balaban J connectivity index is 1.40. The molecule has 2 fully saturated rings. The lowest BCUT2D eigenvalue weighted by Gasteiger charge is -2.36. The van der Waals surface area contributed by atoms with Gasteiger partial charge >= 0.3 is 0 Å². The van der Waals surface area contributed by atoms with Crippen LogP contribution in [0.5, 0.6) is 0 Å². The van der Waals surface area contributed by atoms with Gasteiger partial charge in [0.25, 0.3) is 5.91 Å². The third-order valence-corrected chi connectivity index (χ3v) is 6.77. The molecule has 2 aromatic rings. The average molecular weight is 430 g/mol. The van der Waals surface area contributed by atoms with E-state index in [0.29, 0.717) is 24.9 Å². The molecule has 1 amide bonds. The van der Waals surface area contributed by atoms with Crippen molar-refractivity contribution in [2.45, 2.75) is 25.8 Å². The lowest BCUT2D eigenvalue weighted by molar-refractivity contribution is 0.0657. The maximum absolute atomic E-state index is 12.5. The van der Waals surface area contributed by atoms with Gasteiger partial charge in [-0.05, 0) is 56.4 Å². The van der Waals surface area contributed by atoms with Gasteiger partial charge in [-0.15, -0.1) is 11.3 Å². The summed E-state index contributed by atoms with van der Waals surface area (Å²) < 4.78 is 5.27. The van der Waals surface area contributed by atoms with E-state index in [1.54, 1.807) is 18.4 Å². The number of guanidine groups is 1. The first-order valence-electron chi connectivity index (χ1n) is 10.9. The van der Waals surface area contributed by atoms with Gasteiger partial charge in [-0.3, -0.25) is 14.7 Å². The SMILES string of the molecule is CCNC(=NCC(c1cccs1)N1CCCC1)N1CCN(C(=O)c2ccco2)CC1. The quantitative estimate of drug-likeness (QED) is 0.565. The molecular weight excluding hydrogens is 398 g/mol. The first-order valence-corrected chi connectivity index (χ1v) is 11.8. The number of aliphatic imine (C=N–C) groups is 1. The van der Waals surface area contributed by atoms with E-state index in [0.717, 1.165) is 45.2 Å². The fraction of sp³-hybridized carbons (Fsp3) is 0.545. The van der Waals surface area contributed by atoms with Gasteiger partial charge in [-0.25, -0.2) is 0 Å². The second-order valence-corrected chi connectivity index (χ2v) is 8.70. The number of hydrogen-bond donors (Lipinski definition) is 1. The van der Waals surface area contributed by atoms with E-state index in [-0.39, 0.29) is 5.91 Å². The van der Waals surface area contributed by atoms with Crippen LogP contribution in [0.1, 0.15) is 41.2 Å². The van der Waals surface area contributed by atoms with Crippen molar-refractivity contribution in [1.29, 1.82) is 0 Å². The summed E-state index contributed by atoms with van der Waals surface area (Å²) in [6.45, 7) is 8.88. The first kappa shape index (κ1) is 20.9. The van der Waals surface area contributed by atoms with Gasteiger partial charge in [0.05, 0.1) is 18.8 Å². The topological polar surface area (TPSA) is 64.3 Å². The fourth-order valence-electron chi connectivity index (χ4n) is 4.20. The number of carbonyl (C=O) groups excluding carboxylic acids is 1. The zero-order valence-corrected chi connectivity index (χ0v) is 18.4. The number of nitrogens with zero attached hydrogens (tertiary/aromatic N) is 4. The van der Waals surface area contributed by atoms with E-state index in [4.69, 9.17) is 9.41 Å². The summed E-state index contributed by atoms with van der Waals surface area (Å²) in [7, 11) is 0. The molecular formula is C22H31N5O2S. The number of thiophene rings is 1. The van der Waals surface area contributed by atoms with Crippen LogP contribution in [0, 0.1) is 0 Å². The van der Waals surface area contributed by atoms with Gasteiger partial charge in [0, 0.05) is 37.6 Å². The number of likely N-dealkylation sites (tertiary alicyclic amines) is 1. The van der Waals surface area contributed by atoms with Gasteiger partial charge in [0.2, 0.25) is 0 Å². The molecule has 2 saturated heterocycles. The van der Waals surface area contributed by atoms with Gasteiger partial charge < -0.3 is 19.5 Å². The molecule has 4 rings (SSSR count). The third kappa shape index (κ3) is 4.87. The maximum Gasteiger partial charge on any atom is 0.289 e. The maximum atomic E-state index is 12.5. The Bertz CT molecular complexity index is 807. The molecule has 2 aliphatic heterocycles. The number of furan rings is 1. The molecule has 162 valence electrons. The molecule has 0 spiro atoms. The minimum atomic E-state index is -0.0339. The minimum Gasteiger partial charge on any atom is -0.459 e. The van der Waals surface area contributed by atoms with E-state index in [1.807, 2.05) is 16.2 Å². The van der Waals surface area contributed by atoms with Crippen LogP contribution >= 0.6 is 11.3 Å². The lowest BCUT2D eigenvalue weighted by atomic mass is 10.2. The Labute approximate surface area is 182 Å². The van der Waals surface area contributed by atoms with Gasteiger partial charge in [0.15, 0.2) is 11.7 Å². The molecule has 30 heavy (non-hydrogen) atoms. The summed E-state index contributed by atoms with van der Waals surface area (Å²) >= 11 is 1.82. The summed E-state index contributed by atoms with van der Waals surface area (Å²) in [6.07, 6.45) is 4.10. The first-order chi connectivity index (χ1) is 14.8. The minimum absolute atomic E-state index is 0.0339. The third-order valence-electron chi connectivity index (χ3n) is 5.80. The normalized spacial score (nSPS) is 19.3. The van der Waals surface area contributed by atoms with Gasteiger partial charge in [0.1, 0.15) is 0 Å². The number of hydrogen-bond acceptors (Lipinski definition) is 5. The number of amides is 1. The number of piperazine rings is 1. The highest BCUT2D eigenvalue weighted by atomic mass is 32.1. The number of nitrogens with one attached hydrogen (secondary N) is 1. The molecule has 0 aliphatic carbocycles. The smallest absolute Gasteiger partial charge is 0.289 e. The zero-order valence-electron chi connectivity index (χ0n) is 17.6. The summed E-state index contributed by atoms with van der Waals surface area (Å²) in [5.41, 5.74) is 0. The molecule has 2 aliphatic rings. The van der Waals surface area contributed by atoms with Crippen molar-refractivity contribution in [2.75, 3.05) is 52.4 Å². The second-order valence-electron chi connectivity index (χ2n) is 7.73. The average Bonchev–Trinajstić information content (AvgIpc) is 3.56. The van der Waals surface area contributed by atoms with Crippen molar-refractivity contribution in [3.8, 4) is 0 Å². The standard InChI is InChI=1S/C22H31N5O2S/c1-2-23-22(24-17-18(20-8-6-16-30-20)25-9-3-4-10-25)27-13-11-26(12-14-27)21(28)19-7-5-15-29-19/h5-8,15-16,18H,2-4,9-14,17H2,1H3,(H,23,24). The molecule has 8 heteroatoms. The predicted octanol–water partition coefficient (Wildman–Crippen LogP) is 2.90. The molecule has 1 N–H and O–H groups in total. The van der Waals surface area contributed by atoms with Crippen molar-refractivity contribution < 1.29 is 9.21 Å². The highest BCUT2D eigenvalue weighted by Crippen LogP contribution is 2.28. The van der Waals surface area contributed by atoms with Crippen LogP contribution in [0.4, 0.5) is 0 Å². The van der Waals surface area contributed by atoms with Crippen LogP contribution in [0.15, 0.2) is 45.3 Å². The monoisotopic (exact) mass is 429 g/mol. The molecule has 0 saturated carbocycles. The summed E-state index contributed by atoms with van der Waals surface area (Å²) in [5, 5.41) is 5.61. The molecule has 4 heterocycles. The summed E-state index contributed by atoms with van der Waals surface area (Å²) in [4.78, 5) is 25.6. The van der Waals surface area contributed by atoms with E-state index >= 15 is 0 Å². The van der Waals surface area contributed by atoms with Gasteiger partial charge in [-0.1, -0.05) is 6.07 Å². The molecule has 0 aromatic carbocycles. The predicted molar refractivity (Wildman–Crippen MR) is 120 cm³/mol. The summed E-state index contributed by atoms with van der Waals surface area (Å²) in [6, 6.07) is 8.19. The Morgan fingerprint density at radius 2 is 1.90 bits per heavy atom. The van der Waals surface area contributed by atoms with Crippen molar-refractivity contribution >= 4 is 23.2 Å². The lowest BCUT2D eigenvalue weighted by Crippen LogP contribution is -2.53. The van der Waals surface area contributed by atoms with E-state index in [1.165, 1.54) is 17.7 Å². The fourth-order valence-corrected chi connectivity index (χ4v) is 5.05. The molecule has 7 nitrogen and oxygen atoms in total. The largest absolute Gasteiger partial charge is 0.459 e. The molecule has 1 unspecified atom stereocenters. The Morgan fingerprint density at radius 1 is 1.13 bits per heavy atom. The highest BCUT2D eigenvalue weighted by Gasteiger charge is 2.27. The van der Waals surface area contributed by atoms with E-state index in [2.05, 4.69) is 39.6 Å². The van der Waals surface area contributed by atoms with Crippen molar-refractivity contribution in [3.63, 3.8) is 0 Å². The highest BCUT2D eigenvalue weighted by molar-refractivity contribution is 7.10. The Hall–Kier alpha value is -2.32. The molecule has 0 bridgehead atoms. The van der Waals surface area contributed by atoms with Crippen LogP contribution in [0.3, 0.4) is 0 Å². The summed E-state index contributed by atoms with van der Waals surface area (Å²) in [5.74, 6) is 1.32. The van der Waals surface area contributed by atoms with Gasteiger partial charge in [-0.2, -0.15) is 0 Å². The Kier molecular flexibility index (Phi) is 7.07. The number of rotatable bonds is 6. The zero-order chi connectivity index (χ0) is 20.8. The van der Waals surface area contributed by atoms with Crippen LogP contribution in [0.25, 0.3) is 0 Å². The molecule has 1 atom stereocenters. The van der Waals surface area contributed by atoms with Crippen molar-refractivity contribution in [3.05, 3.63) is 46.5 Å². The second kappa shape index (κ2) is 10.1. The van der Waals surface area contributed by atoms with E-state index in [9.17, 15) is 4.79 Å². The van der Waals surface area contributed by atoms with E-state index < -0.39 is 0 Å². The van der Waals surface area contributed by atoms with Crippen LogP contribution < -0.4 is 5.32 Å².